The van der Waals surface area contributed by atoms with Gasteiger partial charge in [0, 0.05) is 13.1 Å². The van der Waals surface area contributed by atoms with Crippen LogP contribution in [0.3, 0.4) is 0 Å². The first-order chi connectivity index (χ1) is 5.67. The van der Waals surface area contributed by atoms with E-state index in [1.807, 2.05) is 25.8 Å². The first-order valence-corrected chi connectivity index (χ1v) is 4.63. The maximum atomic E-state index is 11.6. The highest BCUT2D eigenvalue weighted by molar-refractivity contribution is 5.81. The van der Waals surface area contributed by atoms with Crippen LogP contribution in [0.1, 0.15) is 27.2 Å². The van der Waals surface area contributed by atoms with Crippen LogP contribution in [0.25, 0.3) is 0 Å². The van der Waals surface area contributed by atoms with E-state index >= 15 is 0 Å². The number of likely N-dealkylation sites (N-methyl/N-ethyl adjacent to an activating group) is 2. The lowest BCUT2D eigenvalue weighted by atomic mass is 10.2. The van der Waals surface area contributed by atoms with E-state index in [4.69, 9.17) is 0 Å². The molecule has 0 rings (SSSR count). The topological polar surface area (TPSA) is 32.3 Å². The Bertz CT molecular complexity index is 136. The summed E-state index contributed by atoms with van der Waals surface area (Å²) in [5, 5.41) is 2.95. The summed E-state index contributed by atoms with van der Waals surface area (Å²) in [6.07, 6.45) is 1.02. The monoisotopic (exact) mass is 172 g/mol. The Morgan fingerprint density at radius 1 is 1.50 bits per heavy atom. The van der Waals surface area contributed by atoms with E-state index in [1.165, 1.54) is 0 Å². The fraction of sp³-hybridized carbons (Fsp3) is 0.889. The first-order valence-electron chi connectivity index (χ1n) is 4.63. The number of hydrogen-bond donors (Lipinski definition) is 1. The summed E-state index contributed by atoms with van der Waals surface area (Å²) in [7, 11) is 1.81. The van der Waals surface area contributed by atoms with E-state index < -0.39 is 0 Å². The largest absolute Gasteiger partial charge is 0.342 e. The van der Waals surface area contributed by atoms with Crippen LogP contribution in [0.2, 0.25) is 0 Å². The molecule has 3 heteroatoms. The smallest absolute Gasteiger partial charge is 0.239 e. The Balaban J connectivity index is 4.01. The van der Waals surface area contributed by atoms with Crippen molar-refractivity contribution in [3.8, 4) is 0 Å². The molecule has 1 N–H and O–H groups in total. The third-order valence-electron chi connectivity index (χ3n) is 1.99. The predicted octanol–water partition coefficient (Wildman–Crippen LogP) is 0.853. The maximum absolute atomic E-state index is 11.6. The molecule has 0 aromatic rings. The number of amides is 1. The third kappa shape index (κ3) is 3.22. The number of carbonyl (C=O) groups excluding carboxylic acids is 1. The van der Waals surface area contributed by atoms with E-state index in [2.05, 4.69) is 12.2 Å². The Labute approximate surface area is 75.1 Å². The molecule has 12 heavy (non-hydrogen) atoms. The van der Waals surface area contributed by atoms with Gasteiger partial charge in [0.25, 0.3) is 0 Å². The molecule has 0 saturated heterocycles. The van der Waals surface area contributed by atoms with Crippen LogP contribution in [0, 0.1) is 0 Å². The van der Waals surface area contributed by atoms with Gasteiger partial charge in [-0.15, -0.1) is 0 Å². The zero-order chi connectivity index (χ0) is 9.56. The molecule has 0 aliphatic heterocycles. The molecule has 1 amide bonds. The number of nitrogens with one attached hydrogen (secondary N) is 1. The van der Waals surface area contributed by atoms with Crippen molar-refractivity contribution < 1.29 is 4.79 Å². The Hall–Kier alpha value is -0.570. The lowest BCUT2D eigenvalue weighted by molar-refractivity contribution is -0.132. The second kappa shape index (κ2) is 6.00. The molecule has 0 aromatic heterocycles. The molecule has 1 atom stereocenters. The summed E-state index contributed by atoms with van der Waals surface area (Å²) in [6, 6.07) is -0.0588. The van der Waals surface area contributed by atoms with E-state index in [0.29, 0.717) is 0 Å². The van der Waals surface area contributed by atoms with E-state index in [0.717, 1.165) is 19.5 Å². The molecule has 72 valence electrons. The van der Waals surface area contributed by atoms with Gasteiger partial charge in [-0.25, -0.2) is 0 Å². The van der Waals surface area contributed by atoms with Gasteiger partial charge < -0.3 is 10.2 Å². The molecular weight excluding hydrogens is 152 g/mol. The van der Waals surface area contributed by atoms with Gasteiger partial charge in [0.15, 0.2) is 0 Å². The minimum atomic E-state index is -0.0588. The highest BCUT2D eigenvalue weighted by Crippen LogP contribution is 1.95. The van der Waals surface area contributed by atoms with Crippen molar-refractivity contribution >= 4 is 5.91 Å². The minimum Gasteiger partial charge on any atom is -0.342 e. The summed E-state index contributed by atoms with van der Waals surface area (Å²) >= 11 is 0. The van der Waals surface area contributed by atoms with Crippen molar-refractivity contribution in [2.24, 2.45) is 0 Å². The van der Waals surface area contributed by atoms with Gasteiger partial charge in [-0.3, -0.25) is 4.79 Å². The summed E-state index contributed by atoms with van der Waals surface area (Å²) < 4.78 is 0. The van der Waals surface area contributed by atoms with Crippen LogP contribution in [0.5, 0.6) is 0 Å². The van der Waals surface area contributed by atoms with Crippen molar-refractivity contribution in [2.45, 2.75) is 33.2 Å². The molecule has 0 aliphatic carbocycles. The molecule has 0 aromatic carbocycles. The number of hydrogen-bond acceptors (Lipinski definition) is 2. The molecule has 0 bridgehead atoms. The molecule has 0 heterocycles. The SMILES string of the molecule is CCCN(CC)C(=O)C(C)NC. The van der Waals surface area contributed by atoms with Crippen molar-refractivity contribution in [1.82, 2.24) is 10.2 Å². The van der Waals surface area contributed by atoms with Crippen molar-refractivity contribution in [3.63, 3.8) is 0 Å². The van der Waals surface area contributed by atoms with Gasteiger partial charge >= 0.3 is 0 Å². The highest BCUT2D eigenvalue weighted by Gasteiger charge is 2.15. The average molecular weight is 172 g/mol. The van der Waals surface area contributed by atoms with Gasteiger partial charge in [0.05, 0.1) is 6.04 Å². The quantitative estimate of drug-likeness (QED) is 0.667. The molecule has 3 nitrogen and oxygen atoms in total. The molecule has 0 spiro atoms. The Morgan fingerprint density at radius 3 is 2.42 bits per heavy atom. The third-order valence-corrected chi connectivity index (χ3v) is 1.99. The first kappa shape index (κ1) is 11.4. The molecule has 0 radical (unpaired) electrons. The number of rotatable bonds is 5. The van der Waals surface area contributed by atoms with Crippen LogP contribution in [0.15, 0.2) is 0 Å². The van der Waals surface area contributed by atoms with Gasteiger partial charge in [0.2, 0.25) is 5.91 Å². The van der Waals surface area contributed by atoms with Crippen molar-refractivity contribution in [3.05, 3.63) is 0 Å². The summed E-state index contributed by atoms with van der Waals surface area (Å²) in [4.78, 5) is 13.4. The molecular formula is C9H20N2O. The molecule has 0 fully saturated rings. The van der Waals surface area contributed by atoms with Gasteiger partial charge in [-0.1, -0.05) is 6.92 Å². The molecule has 1 unspecified atom stereocenters. The molecule has 0 aliphatic rings. The summed E-state index contributed by atoms with van der Waals surface area (Å²) in [6.45, 7) is 7.65. The van der Waals surface area contributed by atoms with Crippen LogP contribution in [-0.2, 0) is 4.79 Å². The summed E-state index contributed by atoms with van der Waals surface area (Å²) in [5.41, 5.74) is 0. The normalized spacial score (nSPS) is 12.7. The number of carbonyl (C=O) groups is 1. The van der Waals surface area contributed by atoms with Crippen LogP contribution < -0.4 is 5.32 Å². The second-order valence-electron chi connectivity index (χ2n) is 2.93. The van der Waals surface area contributed by atoms with Crippen LogP contribution in [0.4, 0.5) is 0 Å². The minimum absolute atomic E-state index is 0.0588. The fourth-order valence-electron chi connectivity index (χ4n) is 1.09. The lowest BCUT2D eigenvalue weighted by Gasteiger charge is -2.23. The predicted molar refractivity (Wildman–Crippen MR) is 51.1 cm³/mol. The Morgan fingerprint density at radius 2 is 2.08 bits per heavy atom. The van der Waals surface area contributed by atoms with Crippen molar-refractivity contribution in [1.29, 1.82) is 0 Å². The van der Waals surface area contributed by atoms with E-state index in [9.17, 15) is 4.79 Å². The standard InChI is InChI=1S/C9H20N2O/c1-5-7-11(6-2)9(12)8(3)10-4/h8,10H,5-7H2,1-4H3. The average Bonchev–Trinajstić information content (AvgIpc) is 2.11. The van der Waals surface area contributed by atoms with Crippen LogP contribution in [-0.4, -0.2) is 37.0 Å². The van der Waals surface area contributed by atoms with Gasteiger partial charge in [0.1, 0.15) is 0 Å². The van der Waals surface area contributed by atoms with Crippen molar-refractivity contribution in [2.75, 3.05) is 20.1 Å². The summed E-state index contributed by atoms with van der Waals surface area (Å²) in [5.74, 6) is 0.196. The lowest BCUT2D eigenvalue weighted by Crippen LogP contribution is -2.43. The molecule has 0 saturated carbocycles. The zero-order valence-electron chi connectivity index (χ0n) is 8.55. The fourth-order valence-corrected chi connectivity index (χ4v) is 1.09. The van der Waals surface area contributed by atoms with E-state index in [1.54, 1.807) is 0 Å². The van der Waals surface area contributed by atoms with Gasteiger partial charge in [-0.05, 0) is 27.3 Å². The van der Waals surface area contributed by atoms with E-state index in [-0.39, 0.29) is 11.9 Å². The number of nitrogens with zero attached hydrogens (tertiary/aromatic N) is 1. The Kier molecular flexibility index (Phi) is 5.72. The zero-order valence-corrected chi connectivity index (χ0v) is 8.55. The highest BCUT2D eigenvalue weighted by atomic mass is 16.2. The van der Waals surface area contributed by atoms with Crippen LogP contribution >= 0.6 is 0 Å². The van der Waals surface area contributed by atoms with Gasteiger partial charge in [-0.2, -0.15) is 0 Å². The maximum Gasteiger partial charge on any atom is 0.239 e. The second-order valence-corrected chi connectivity index (χ2v) is 2.93.